The number of ether oxygens (including phenoxy) is 2. The lowest BCUT2D eigenvalue weighted by Crippen LogP contribution is -2.29. The van der Waals surface area contributed by atoms with Gasteiger partial charge in [-0.15, -0.1) is 0 Å². The number of nitrogens with one attached hydrogen (secondary N) is 1. The SMILES string of the molecule is COC[C@@H](C)NCc1cc(Cl)ccc1OC. The van der Waals surface area contributed by atoms with Crippen LogP contribution < -0.4 is 10.1 Å². The Morgan fingerprint density at radius 3 is 2.75 bits per heavy atom. The summed E-state index contributed by atoms with van der Waals surface area (Å²) in [6, 6.07) is 5.91. The van der Waals surface area contributed by atoms with E-state index in [1.165, 1.54) is 0 Å². The topological polar surface area (TPSA) is 30.5 Å². The molecule has 0 radical (unpaired) electrons. The van der Waals surface area contributed by atoms with Crippen molar-refractivity contribution in [1.82, 2.24) is 5.32 Å². The average Bonchev–Trinajstić information content (AvgIpc) is 2.27. The fourth-order valence-electron chi connectivity index (χ4n) is 1.48. The van der Waals surface area contributed by atoms with Crippen molar-refractivity contribution >= 4 is 11.6 Å². The highest BCUT2D eigenvalue weighted by atomic mass is 35.5. The summed E-state index contributed by atoms with van der Waals surface area (Å²) in [6.07, 6.45) is 0. The van der Waals surface area contributed by atoms with E-state index in [1.807, 2.05) is 18.2 Å². The van der Waals surface area contributed by atoms with Gasteiger partial charge in [0.2, 0.25) is 0 Å². The van der Waals surface area contributed by atoms with Crippen LogP contribution in [0.2, 0.25) is 5.02 Å². The summed E-state index contributed by atoms with van der Waals surface area (Å²) in [6.45, 7) is 3.47. The van der Waals surface area contributed by atoms with Crippen LogP contribution in [0.5, 0.6) is 5.75 Å². The van der Waals surface area contributed by atoms with Crippen molar-refractivity contribution in [3.05, 3.63) is 28.8 Å². The largest absolute Gasteiger partial charge is 0.496 e. The quantitative estimate of drug-likeness (QED) is 0.833. The molecule has 0 unspecified atom stereocenters. The molecule has 0 aliphatic carbocycles. The molecule has 1 aromatic rings. The number of benzene rings is 1. The first kappa shape index (κ1) is 13.3. The molecule has 90 valence electrons. The van der Waals surface area contributed by atoms with E-state index in [2.05, 4.69) is 12.2 Å². The van der Waals surface area contributed by atoms with E-state index in [-0.39, 0.29) is 0 Å². The zero-order chi connectivity index (χ0) is 12.0. The van der Waals surface area contributed by atoms with Crippen LogP contribution in [0.1, 0.15) is 12.5 Å². The van der Waals surface area contributed by atoms with E-state index >= 15 is 0 Å². The molecule has 16 heavy (non-hydrogen) atoms. The number of hydrogen-bond donors (Lipinski definition) is 1. The first-order valence-corrected chi connectivity index (χ1v) is 5.60. The van der Waals surface area contributed by atoms with Gasteiger partial charge in [-0.05, 0) is 25.1 Å². The second kappa shape index (κ2) is 6.74. The highest BCUT2D eigenvalue weighted by Crippen LogP contribution is 2.22. The van der Waals surface area contributed by atoms with Gasteiger partial charge in [0, 0.05) is 30.3 Å². The molecule has 3 nitrogen and oxygen atoms in total. The van der Waals surface area contributed by atoms with Gasteiger partial charge >= 0.3 is 0 Å². The van der Waals surface area contributed by atoms with Gasteiger partial charge in [-0.1, -0.05) is 11.6 Å². The molecule has 0 saturated heterocycles. The van der Waals surface area contributed by atoms with Crippen LogP contribution in [-0.2, 0) is 11.3 Å². The number of halogens is 1. The monoisotopic (exact) mass is 243 g/mol. The number of rotatable bonds is 6. The van der Waals surface area contributed by atoms with Crippen molar-refractivity contribution in [2.75, 3.05) is 20.8 Å². The Bertz CT molecular complexity index is 331. The number of methoxy groups -OCH3 is 2. The standard InChI is InChI=1S/C12H18ClNO2/c1-9(8-15-2)14-7-10-6-11(13)4-5-12(10)16-3/h4-6,9,14H,7-8H2,1-3H3/t9-/m1/s1. The summed E-state index contributed by atoms with van der Waals surface area (Å²) in [5, 5.41) is 4.06. The molecule has 0 saturated carbocycles. The lowest BCUT2D eigenvalue weighted by atomic mass is 10.2. The minimum Gasteiger partial charge on any atom is -0.496 e. The molecular weight excluding hydrogens is 226 g/mol. The summed E-state index contributed by atoms with van der Waals surface area (Å²) < 4.78 is 10.3. The maximum absolute atomic E-state index is 5.94. The summed E-state index contributed by atoms with van der Waals surface area (Å²) >= 11 is 5.94. The minimum atomic E-state index is 0.300. The van der Waals surface area contributed by atoms with E-state index < -0.39 is 0 Å². The third-order valence-electron chi connectivity index (χ3n) is 2.30. The molecule has 1 aromatic carbocycles. The highest BCUT2D eigenvalue weighted by Gasteiger charge is 2.06. The van der Waals surface area contributed by atoms with Crippen molar-refractivity contribution in [3.63, 3.8) is 0 Å². The molecule has 0 aliphatic heterocycles. The molecular formula is C12H18ClNO2. The molecule has 1 atom stereocenters. The Morgan fingerprint density at radius 1 is 1.38 bits per heavy atom. The Balaban J connectivity index is 2.61. The van der Waals surface area contributed by atoms with Gasteiger partial charge in [-0.3, -0.25) is 0 Å². The maximum Gasteiger partial charge on any atom is 0.123 e. The van der Waals surface area contributed by atoms with Crippen molar-refractivity contribution in [2.45, 2.75) is 19.5 Å². The maximum atomic E-state index is 5.94. The Labute approximate surface area is 102 Å². The van der Waals surface area contributed by atoms with Crippen LogP contribution in [0.15, 0.2) is 18.2 Å². The molecule has 0 aromatic heterocycles. The van der Waals surface area contributed by atoms with Crippen molar-refractivity contribution in [2.24, 2.45) is 0 Å². The van der Waals surface area contributed by atoms with Crippen LogP contribution >= 0.6 is 11.6 Å². The van der Waals surface area contributed by atoms with Crippen LogP contribution in [0, 0.1) is 0 Å². The van der Waals surface area contributed by atoms with Gasteiger partial charge in [-0.25, -0.2) is 0 Å². The predicted molar refractivity (Wildman–Crippen MR) is 66.2 cm³/mol. The molecule has 4 heteroatoms. The molecule has 1 N–H and O–H groups in total. The molecule has 0 bridgehead atoms. The summed E-state index contributed by atoms with van der Waals surface area (Å²) in [5.41, 5.74) is 1.05. The lowest BCUT2D eigenvalue weighted by Gasteiger charge is -2.14. The van der Waals surface area contributed by atoms with Crippen molar-refractivity contribution in [3.8, 4) is 5.75 Å². The molecule has 0 spiro atoms. The first-order valence-electron chi connectivity index (χ1n) is 5.22. The lowest BCUT2D eigenvalue weighted by molar-refractivity contribution is 0.171. The highest BCUT2D eigenvalue weighted by molar-refractivity contribution is 6.30. The second-order valence-electron chi connectivity index (χ2n) is 3.69. The Morgan fingerprint density at radius 2 is 2.12 bits per heavy atom. The van der Waals surface area contributed by atoms with E-state index in [0.717, 1.165) is 16.3 Å². The first-order chi connectivity index (χ1) is 7.67. The van der Waals surface area contributed by atoms with E-state index in [4.69, 9.17) is 21.1 Å². The molecule has 0 fully saturated rings. The van der Waals surface area contributed by atoms with Crippen LogP contribution in [0.25, 0.3) is 0 Å². The molecule has 1 rings (SSSR count). The third kappa shape index (κ3) is 4.00. The van der Waals surface area contributed by atoms with Gasteiger partial charge in [0.15, 0.2) is 0 Å². The summed E-state index contributed by atoms with van der Waals surface area (Å²) in [4.78, 5) is 0. The van der Waals surface area contributed by atoms with Gasteiger partial charge < -0.3 is 14.8 Å². The van der Waals surface area contributed by atoms with Crippen molar-refractivity contribution < 1.29 is 9.47 Å². The second-order valence-corrected chi connectivity index (χ2v) is 4.13. The van der Waals surface area contributed by atoms with E-state index in [9.17, 15) is 0 Å². The Hall–Kier alpha value is -0.770. The molecule has 0 heterocycles. The Kier molecular flexibility index (Phi) is 5.60. The average molecular weight is 244 g/mol. The van der Waals surface area contributed by atoms with Crippen LogP contribution in [0.4, 0.5) is 0 Å². The van der Waals surface area contributed by atoms with Gasteiger partial charge in [0.05, 0.1) is 13.7 Å². The van der Waals surface area contributed by atoms with Crippen LogP contribution in [-0.4, -0.2) is 26.9 Å². The van der Waals surface area contributed by atoms with E-state index in [0.29, 0.717) is 19.2 Å². The zero-order valence-electron chi connectivity index (χ0n) is 9.92. The smallest absolute Gasteiger partial charge is 0.123 e. The normalized spacial score (nSPS) is 12.5. The molecule has 0 aliphatic rings. The van der Waals surface area contributed by atoms with Crippen molar-refractivity contribution in [1.29, 1.82) is 0 Å². The molecule has 0 amide bonds. The zero-order valence-corrected chi connectivity index (χ0v) is 10.7. The minimum absolute atomic E-state index is 0.300. The van der Waals surface area contributed by atoms with Gasteiger partial charge in [-0.2, -0.15) is 0 Å². The van der Waals surface area contributed by atoms with Gasteiger partial charge in [0.25, 0.3) is 0 Å². The fraction of sp³-hybridized carbons (Fsp3) is 0.500. The summed E-state index contributed by atoms with van der Waals surface area (Å²) in [7, 11) is 3.35. The van der Waals surface area contributed by atoms with Crippen LogP contribution in [0.3, 0.4) is 0 Å². The summed E-state index contributed by atoms with van der Waals surface area (Å²) in [5.74, 6) is 0.849. The number of hydrogen-bond acceptors (Lipinski definition) is 3. The fourth-order valence-corrected chi connectivity index (χ4v) is 1.67. The predicted octanol–water partition coefficient (Wildman–Crippen LogP) is 2.47. The third-order valence-corrected chi connectivity index (χ3v) is 2.54. The van der Waals surface area contributed by atoms with Gasteiger partial charge in [0.1, 0.15) is 5.75 Å². The van der Waals surface area contributed by atoms with E-state index in [1.54, 1.807) is 14.2 Å².